The van der Waals surface area contributed by atoms with E-state index in [4.69, 9.17) is 4.74 Å². The monoisotopic (exact) mass is 363 g/mol. The Morgan fingerprint density at radius 1 is 1.22 bits per heavy atom. The summed E-state index contributed by atoms with van der Waals surface area (Å²) in [7, 11) is 0. The first-order chi connectivity index (χ1) is 13.2. The lowest BCUT2D eigenvalue weighted by molar-refractivity contribution is -0.116. The number of pyridine rings is 1. The number of imidazole rings is 1. The van der Waals surface area contributed by atoms with Crippen molar-refractivity contribution in [3.8, 4) is 5.75 Å². The molecule has 0 radical (unpaired) electrons. The molecule has 3 rings (SSSR count). The number of fused-ring (bicyclic) bond motifs is 1. The first-order valence-corrected chi connectivity index (χ1v) is 9.28. The van der Waals surface area contributed by atoms with Crippen LogP contribution < -0.4 is 10.1 Å². The van der Waals surface area contributed by atoms with Crippen molar-refractivity contribution in [3.05, 3.63) is 71.7 Å². The van der Waals surface area contributed by atoms with Gasteiger partial charge in [-0.15, -0.1) is 0 Å². The van der Waals surface area contributed by atoms with Gasteiger partial charge in [-0.25, -0.2) is 4.98 Å². The molecule has 0 saturated carbocycles. The number of hydrogen-bond donors (Lipinski definition) is 1. The largest absolute Gasteiger partial charge is 0.494 e. The van der Waals surface area contributed by atoms with Crippen LogP contribution in [0.15, 0.2) is 54.7 Å². The van der Waals surface area contributed by atoms with Crippen LogP contribution in [0, 0.1) is 6.92 Å². The highest BCUT2D eigenvalue weighted by Crippen LogP contribution is 2.13. The van der Waals surface area contributed by atoms with Crippen molar-refractivity contribution in [2.45, 2.75) is 26.7 Å². The summed E-state index contributed by atoms with van der Waals surface area (Å²) < 4.78 is 7.61. The molecule has 140 valence electrons. The number of benzene rings is 1. The summed E-state index contributed by atoms with van der Waals surface area (Å²) in [5, 5.41) is 2.90. The van der Waals surface area contributed by atoms with E-state index >= 15 is 0 Å². The molecule has 0 bridgehead atoms. The molecule has 0 fully saturated rings. The maximum Gasteiger partial charge on any atom is 0.244 e. The average Bonchev–Trinajstić information content (AvgIpc) is 3.10. The van der Waals surface area contributed by atoms with E-state index in [-0.39, 0.29) is 5.91 Å². The highest BCUT2D eigenvalue weighted by atomic mass is 16.5. The third-order valence-corrected chi connectivity index (χ3v) is 4.21. The molecule has 0 unspecified atom stereocenters. The molecule has 2 heterocycles. The van der Waals surface area contributed by atoms with Gasteiger partial charge in [-0.2, -0.15) is 0 Å². The second-order valence-corrected chi connectivity index (χ2v) is 6.42. The van der Waals surface area contributed by atoms with E-state index in [1.807, 2.05) is 55.6 Å². The molecule has 1 aromatic carbocycles. The summed E-state index contributed by atoms with van der Waals surface area (Å²) in [6.45, 7) is 5.39. The van der Waals surface area contributed by atoms with E-state index in [1.54, 1.807) is 12.2 Å². The number of nitrogens with one attached hydrogen (secondary N) is 1. The van der Waals surface area contributed by atoms with Crippen molar-refractivity contribution < 1.29 is 9.53 Å². The molecule has 0 aliphatic heterocycles. The maximum atomic E-state index is 12.0. The van der Waals surface area contributed by atoms with E-state index < -0.39 is 0 Å². The fourth-order valence-electron chi connectivity index (χ4n) is 2.76. The minimum Gasteiger partial charge on any atom is -0.494 e. The SMILES string of the molecule is CCCOc1ccc(/C=C/C(=O)NCCc2cn3c(C)cccc3n2)cc1. The molecule has 0 atom stereocenters. The Bertz CT molecular complexity index is 926. The Labute approximate surface area is 159 Å². The fourth-order valence-corrected chi connectivity index (χ4v) is 2.76. The Morgan fingerprint density at radius 2 is 2.04 bits per heavy atom. The zero-order valence-corrected chi connectivity index (χ0v) is 15.8. The van der Waals surface area contributed by atoms with Gasteiger partial charge in [-0.1, -0.05) is 25.1 Å². The van der Waals surface area contributed by atoms with Gasteiger partial charge < -0.3 is 14.5 Å². The highest BCUT2D eigenvalue weighted by Gasteiger charge is 2.03. The van der Waals surface area contributed by atoms with Crippen LogP contribution in [0.3, 0.4) is 0 Å². The summed E-state index contributed by atoms with van der Waals surface area (Å²) in [6.07, 6.45) is 7.05. The van der Waals surface area contributed by atoms with Crippen LogP contribution in [-0.2, 0) is 11.2 Å². The lowest BCUT2D eigenvalue weighted by atomic mass is 10.2. The number of rotatable bonds is 8. The molecule has 1 N–H and O–H groups in total. The normalized spacial score (nSPS) is 11.2. The van der Waals surface area contributed by atoms with Crippen molar-refractivity contribution in [1.29, 1.82) is 0 Å². The van der Waals surface area contributed by atoms with Gasteiger partial charge in [-0.3, -0.25) is 4.79 Å². The summed E-state index contributed by atoms with van der Waals surface area (Å²) in [5.41, 5.74) is 4.01. The first kappa shape index (κ1) is 18.7. The number of amides is 1. The van der Waals surface area contributed by atoms with E-state index in [0.29, 0.717) is 19.6 Å². The van der Waals surface area contributed by atoms with Crippen molar-refractivity contribution in [1.82, 2.24) is 14.7 Å². The van der Waals surface area contributed by atoms with Gasteiger partial charge in [0.25, 0.3) is 0 Å². The standard InChI is InChI=1S/C22H25N3O2/c1-3-15-27-20-10-7-18(8-11-20)9-12-22(26)23-14-13-19-16-25-17(2)5-4-6-21(25)24-19/h4-12,16H,3,13-15H2,1-2H3,(H,23,26)/b12-9+. The number of aryl methyl sites for hydroxylation is 1. The molecular weight excluding hydrogens is 338 g/mol. The summed E-state index contributed by atoms with van der Waals surface area (Å²) in [4.78, 5) is 16.6. The summed E-state index contributed by atoms with van der Waals surface area (Å²) in [6, 6.07) is 13.7. The molecule has 5 nitrogen and oxygen atoms in total. The summed E-state index contributed by atoms with van der Waals surface area (Å²) >= 11 is 0. The number of nitrogens with zero attached hydrogens (tertiary/aromatic N) is 2. The van der Waals surface area contributed by atoms with Crippen LogP contribution >= 0.6 is 0 Å². The number of aromatic nitrogens is 2. The predicted octanol–water partition coefficient (Wildman–Crippen LogP) is 3.80. The van der Waals surface area contributed by atoms with E-state index in [9.17, 15) is 4.79 Å². The van der Waals surface area contributed by atoms with Crippen LogP contribution in [0.4, 0.5) is 0 Å². The van der Waals surface area contributed by atoms with Crippen molar-refractivity contribution in [3.63, 3.8) is 0 Å². The molecule has 2 aromatic heterocycles. The van der Waals surface area contributed by atoms with E-state index in [0.717, 1.165) is 34.8 Å². The van der Waals surface area contributed by atoms with Crippen molar-refractivity contribution in [2.75, 3.05) is 13.2 Å². The Kier molecular flexibility index (Phi) is 6.26. The molecule has 27 heavy (non-hydrogen) atoms. The molecule has 0 aliphatic carbocycles. The summed E-state index contributed by atoms with van der Waals surface area (Å²) in [5.74, 6) is 0.738. The van der Waals surface area contributed by atoms with Crippen LogP contribution in [-0.4, -0.2) is 28.4 Å². The molecular formula is C22H25N3O2. The first-order valence-electron chi connectivity index (χ1n) is 9.28. The minimum atomic E-state index is -0.110. The topological polar surface area (TPSA) is 55.6 Å². The van der Waals surface area contributed by atoms with E-state index in [1.165, 1.54) is 0 Å². The Morgan fingerprint density at radius 3 is 2.78 bits per heavy atom. The van der Waals surface area contributed by atoms with Gasteiger partial charge in [-0.05, 0) is 49.2 Å². The van der Waals surface area contributed by atoms with Gasteiger partial charge >= 0.3 is 0 Å². The van der Waals surface area contributed by atoms with Gasteiger partial charge in [0, 0.05) is 30.9 Å². The van der Waals surface area contributed by atoms with Crippen molar-refractivity contribution in [2.24, 2.45) is 0 Å². The molecule has 3 aromatic rings. The molecule has 0 aliphatic rings. The van der Waals surface area contributed by atoms with Gasteiger partial charge in [0.05, 0.1) is 12.3 Å². The van der Waals surface area contributed by atoms with Crippen LogP contribution in [0.2, 0.25) is 0 Å². The van der Waals surface area contributed by atoms with Crippen LogP contribution in [0.1, 0.15) is 30.3 Å². The number of hydrogen-bond acceptors (Lipinski definition) is 3. The third-order valence-electron chi connectivity index (χ3n) is 4.21. The lowest BCUT2D eigenvalue weighted by Gasteiger charge is -2.04. The van der Waals surface area contributed by atoms with Crippen molar-refractivity contribution >= 4 is 17.6 Å². The zero-order valence-electron chi connectivity index (χ0n) is 15.8. The smallest absolute Gasteiger partial charge is 0.244 e. The van der Waals surface area contributed by atoms with Crippen LogP contribution in [0.5, 0.6) is 5.75 Å². The number of carbonyl (C=O) groups is 1. The number of ether oxygens (including phenoxy) is 1. The number of carbonyl (C=O) groups excluding carboxylic acids is 1. The molecule has 0 saturated heterocycles. The third kappa shape index (κ3) is 5.20. The molecule has 1 amide bonds. The quantitative estimate of drug-likeness (QED) is 0.619. The highest BCUT2D eigenvalue weighted by molar-refractivity contribution is 5.91. The van der Waals surface area contributed by atoms with Gasteiger partial charge in [0.1, 0.15) is 11.4 Å². The van der Waals surface area contributed by atoms with Crippen LogP contribution in [0.25, 0.3) is 11.7 Å². The van der Waals surface area contributed by atoms with Gasteiger partial charge in [0.2, 0.25) is 5.91 Å². The van der Waals surface area contributed by atoms with E-state index in [2.05, 4.69) is 21.6 Å². The average molecular weight is 363 g/mol. The molecule has 5 heteroatoms. The van der Waals surface area contributed by atoms with Gasteiger partial charge in [0.15, 0.2) is 0 Å². The fraction of sp³-hybridized carbons (Fsp3) is 0.273. The minimum absolute atomic E-state index is 0.110. The Balaban J connectivity index is 1.47. The Hall–Kier alpha value is -3.08. The maximum absolute atomic E-state index is 12.0. The molecule has 0 spiro atoms. The predicted molar refractivity (Wildman–Crippen MR) is 108 cm³/mol. The second kappa shape index (κ2) is 9.03. The lowest BCUT2D eigenvalue weighted by Crippen LogP contribution is -2.23. The second-order valence-electron chi connectivity index (χ2n) is 6.42. The zero-order chi connectivity index (χ0) is 19.1.